The molecule has 0 radical (unpaired) electrons. The summed E-state index contributed by atoms with van der Waals surface area (Å²) < 4.78 is 33.6. The molecule has 11 nitrogen and oxygen atoms in total. The molecule has 2 amide bonds. The maximum absolute atomic E-state index is 14.4. The zero-order valence-electron chi connectivity index (χ0n) is 25.4. The van der Waals surface area contributed by atoms with Gasteiger partial charge < -0.3 is 43.1 Å². The maximum atomic E-state index is 14.4. The first-order valence-corrected chi connectivity index (χ1v) is 14.7. The summed E-state index contributed by atoms with van der Waals surface area (Å²) in [5.74, 6) is 2.70. The van der Waals surface area contributed by atoms with Crippen LogP contribution in [0.1, 0.15) is 24.4 Å². The van der Waals surface area contributed by atoms with Gasteiger partial charge in [-0.3, -0.25) is 9.59 Å². The van der Waals surface area contributed by atoms with Crippen molar-refractivity contribution in [1.82, 2.24) is 4.90 Å². The van der Waals surface area contributed by atoms with E-state index in [0.29, 0.717) is 72.6 Å². The van der Waals surface area contributed by atoms with Crippen LogP contribution in [0.2, 0.25) is 0 Å². The molecule has 11 heteroatoms. The average molecular weight is 604 g/mol. The normalized spacial score (nSPS) is 19.5. The first-order valence-electron chi connectivity index (χ1n) is 14.7. The van der Waals surface area contributed by atoms with Crippen LogP contribution in [0.3, 0.4) is 0 Å². The molecule has 3 aromatic carbocycles. The number of hydrogen-bond donors (Lipinski definition) is 0. The molecule has 0 aromatic heterocycles. The quantitative estimate of drug-likeness (QED) is 0.374. The van der Waals surface area contributed by atoms with E-state index in [0.717, 1.165) is 11.4 Å². The fraction of sp³-hybridized carbons (Fsp3) is 0.394. The molecule has 0 bridgehead atoms. The highest BCUT2D eigenvalue weighted by Gasteiger charge is 2.44. The number of hydrogen-bond acceptors (Lipinski definition) is 9. The van der Waals surface area contributed by atoms with Crippen molar-refractivity contribution in [2.24, 2.45) is 5.92 Å². The number of nitrogens with zero attached hydrogens (tertiary/aromatic N) is 3. The predicted octanol–water partition coefficient (Wildman–Crippen LogP) is 4.28. The third-order valence-electron chi connectivity index (χ3n) is 8.59. The number of carbonyl (C=O) groups excluding carboxylic acids is 2. The van der Waals surface area contributed by atoms with Crippen LogP contribution in [0.5, 0.6) is 34.5 Å². The lowest BCUT2D eigenvalue weighted by molar-refractivity contribution is -0.138. The molecular formula is C33H37N3O8. The molecule has 2 fully saturated rings. The van der Waals surface area contributed by atoms with Crippen molar-refractivity contribution in [1.29, 1.82) is 0 Å². The summed E-state index contributed by atoms with van der Waals surface area (Å²) in [5, 5.41) is 0. The van der Waals surface area contributed by atoms with Gasteiger partial charge in [0.15, 0.2) is 23.0 Å². The molecule has 0 N–H and O–H groups in total. The second kappa shape index (κ2) is 12.4. The third-order valence-corrected chi connectivity index (χ3v) is 8.59. The minimum atomic E-state index is -0.634. The summed E-state index contributed by atoms with van der Waals surface area (Å²) in [5.41, 5.74) is 2.34. The minimum Gasteiger partial charge on any atom is -0.495 e. The molecule has 6 rings (SSSR count). The first-order chi connectivity index (χ1) is 21.5. The van der Waals surface area contributed by atoms with E-state index in [4.69, 9.17) is 28.4 Å². The van der Waals surface area contributed by atoms with Crippen LogP contribution in [0, 0.1) is 5.92 Å². The van der Waals surface area contributed by atoms with Crippen molar-refractivity contribution in [3.8, 4) is 34.5 Å². The summed E-state index contributed by atoms with van der Waals surface area (Å²) in [7, 11) is 6.30. The molecule has 3 aliphatic rings. The number of piperidine rings is 1. The van der Waals surface area contributed by atoms with Crippen LogP contribution in [-0.2, 0) is 9.59 Å². The van der Waals surface area contributed by atoms with E-state index in [9.17, 15) is 9.59 Å². The number of carbonyl (C=O) groups is 2. The molecule has 3 heterocycles. The van der Waals surface area contributed by atoms with E-state index in [1.54, 1.807) is 45.5 Å². The average Bonchev–Trinajstić information content (AvgIpc) is 3.55. The lowest BCUT2D eigenvalue weighted by Gasteiger charge is -2.44. The van der Waals surface area contributed by atoms with Gasteiger partial charge in [-0.05, 0) is 48.4 Å². The van der Waals surface area contributed by atoms with Crippen LogP contribution in [0.15, 0.2) is 54.6 Å². The second-order valence-electron chi connectivity index (χ2n) is 10.8. The van der Waals surface area contributed by atoms with Gasteiger partial charge in [0, 0.05) is 44.4 Å². The highest BCUT2D eigenvalue weighted by Crippen LogP contribution is 2.48. The predicted molar refractivity (Wildman–Crippen MR) is 163 cm³/mol. The number of fused-ring (bicyclic) bond motifs is 1. The monoisotopic (exact) mass is 603 g/mol. The lowest BCUT2D eigenvalue weighted by atomic mass is 9.82. The summed E-state index contributed by atoms with van der Waals surface area (Å²) in [6.07, 6.45) is 0.639. The van der Waals surface area contributed by atoms with Crippen molar-refractivity contribution in [3.63, 3.8) is 0 Å². The van der Waals surface area contributed by atoms with Crippen molar-refractivity contribution in [2.75, 3.05) is 71.2 Å². The van der Waals surface area contributed by atoms with Gasteiger partial charge in [-0.2, -0.15) is 0 Å². The van der Waals surface area contributed by atoms with E-state index in [1.807, 2.05) is 47.4 Å². The van der Waals surface area contributed by atoms with E-state index in [2.05, 4.69) is 4.90 Å². The van der Waals surface area contributed by atoms with Gasteiger partial charge in [-0.25, -0.2) is 0 Å². The fourth-order valence-electron chi connectivity index (χ4n) is 6.44. The number of piperazine rings is 1. The van der Waals surface area contributed by atoms with Gasteiger partial charge in [0.25, 0.3) is 0 Å². The van der Waals surface area contributed by atoms with Crippen molar-refractivity contribution in [2.45, 2.75) is 18.9 Å². The zero-order chi connectivity index (χ0) is 30.8. The third kappa shape index (κ3) is 5.27. The highest BCUT2D eigenvalue weighted by molar-refractivity contribution is 5.98. The Morgan fingerprint density at radius 2 is 1.48 bits per heavy atom. The molecule has 3 aliphatic heterocycles. The first kappa shape index (κ1) is 29.3. The topological polar surface area (TPSA) is 99.2 Å². The largest absolute Gasteiger partial charge is 0.495 e. The molecule has 44 heavy (non-hydrogen) atoms. The van der Waals surface area contributed by atoms with Crippen LogP contribution in [0.25, 0.3) is 0 Å². The Labute approximate surface area is 256 Å². The van der Waals surface area contributed by atoms with Gasteiger partial charge >= 0.3 is 0 Å². The summed E-state index contributed by atoms with van der Waals surface area (Å²) in [6.45, 7) is 2.54. The standard InChI is InChI=1S/C33H37N3O8/c1-39-25-8-6-5-7-24(25)34-13-15-35(16-14-34)33(38)23-10-12-30(37)36(22-9-11-26-27(19-22)44-20-43-26)31(23)21-17-28(40-2)32(42-4)29(18-21)41-3/h5-9,11,17-19,23,31H,10,12-16,20H2,1-4H3/t23-,31+/m0/s1. The Kier molecular flexibility index (Phi) is 8.28. The van der Waals surface area contributed by atoms with E-state index in [-0.39, 0.29) is 25.0 Å². The Morgan fingerprint density at radius 3 is 2.16 bits per heavy atom. The van der Waals surface area contributed by atoms with E-state index >= 15 is 0 Å². The van der Waals surface area contributed by atoms with Crippen molar-refractivity contribution < 1.29 is 38.0 Å². The Morgan fingerprint density at radius 1 is 0.795 bits per heavy atom. The Hall–Kier alpha value is -4.80. The Bertz CT molecular complexity index is 1510. The van der Waals surface area contributed by atoms with Crippen molar-refractivity contribution >= 4 is 23.2 Å². The molecule has 2 atom stereocenters. The van der Waals surface area contributed by atoms with Crippen LogP contribution < -0.4 is 38.2 Å². The summed E-state index contributed by atoms with van der Waals surface area (Å²) in [4.78, 5) is 34.0. The van der Waals surface area contributed by atoms with Crippen LogP contribution in [0.4, 0.5) is 11.4 Å². The summed E-state index contributed by atoms with van der Waals surface area (Å²) in [6, 6.07) is 16.3. The van der Waals surface area contributed by atoms with E-state index < -0.39 is 12.0 Å². The molecular weight excluding hydrogens is 566 g/mol. The number of para-hydroxylation sites is 2. The molecule has 0 unspecified atom stereocenters. The van der Waals surface area contributed by atoms with Crippen LogP contribution >= 0.6 is 0 Å². The number of rotatable bonds is 8. The second-order valence-corrected chi connectivity index (χ2v) is 10.8. The van der Waals surface area contributed by atoms with E-state index in [1.165, 1.54) is 0 Å². The van der Waals surface area contributed by atoms with Gasteiger partial charge in [0.05, 0.1) is 46.1 Å². The number of amides is 2. The van der Waals surface area contributed by atoms with Crippen molar-refractivity contribution in [3.05, 3.63) is 60.2 Å². The SMILES string of the molecule is COc1ccccc1N1CCN(C(=O)[C@H]2CCC(=O)N(c3ccc4c(c3)OCO4)[C@@H]2c2cc(OC)c(OC)c(OC)c2)CC1. The highest BCUT2D eigenvalue weighted by atomic mass is 16.7. The lowest BCUT2D eigenvalue weighted by Crippen LogP contribution is -2.54. The molecule has 3 aromatic rings. The number of anilines is 2. The van der Waals surface area contributed by atoms with Gasteiger partial charge in [-0.1, -0.05) is 12.1 Å². The molecule has 0 aliphatic carbocycles. The smallest absolute Gasteiger partial charge is 0.231 e. The zero-order valence-corrected chi connectivity index (χ0v) is 25.4. The van der Waals surface area contributed by atoms with Gasteiger partial charge in [0.1, 0.15) is 5.75 Å². The molecule has 2 saturated heterocycles. The summed E-state index contributed by atoms with van der Waals surface area (Å²) >= 11 is 0. The number of ether oxygens (including phenoxy) is 6. The molecule has 0 saturated carbocycles. The number of benzene rings is 3. The minimum absolute atomic E-state index is 0.00155. The molecule has 232 valence electrons. The van der Waals surface area contributed by atoms with Crippen LogP contribution in [-0.4, -0.2) is 78.1 Å². The van der Waals surface area contributed by atoms with Gasteiger partial charge in [0.2, 0.25) is 24.4 Å². The number of methoxy groups -OCH3 is 4. The maximum Gasteiger partial charge on any atom is 0.231 e. The van der Waals surface area contributed by atoms with Gasteiger partial charge in [-0.15, -0.1) is 0 Å². The Balaban J connectivity index is 1.36. The molecule has 0 spiro atoms. The fourth-order valence-corrected chi connectivity index (χ4v) is 6.44.